The van der Waals surface area contributed by atoms with Gasteiger partial charge in [-0.1, -0.05) is 19.1 Å². The summed E-state index contributed by atoms with van der Waals surface area (Å²) >= 11 is 3.54. The molecule has 0 fully saturated rings. The third-order valence-electron chi connectivity index (χ3n) is 4.72. The van der Waals surface area contributed by atoms with Gasteiger partial charge in [-0.05, 0) is 47.5 Å². The predicted octanol–water partition coefficient (Wildman–Crippen LogP) is 4.62. The Balaban J connectivity index is 2.09. The fourth-order valence-electron chi connectivity index (χ4n) is 3.34. The Kier molecular flexibility index (Phi) is 6.03. The first-order chi connectivity index (χ1) is 15.1. The summed E-state index contributed by atoms with van der Waals surface area (Å²) < 4.78 is 19.4. The minimum atomic E-state index is 0.506. The molecule has 9 heteroatoms. The molecule has 0 amide bonds. The number of aromatic nitrogens is 5. The molecular formula is C22H22BrN5O3. The van der Waals surface area contributed by atoms with E-state index >= 15 is 0 Å². The molecule has 1 aromatic carbocycles. The van der Waals surface area contributed by atoms with Crippen LogP contribution in [-0.2, 0) is 6.42 Å². The number of imidazole rings is 1. The van der Waals surface area contributed by atoms with Gasteiger partial charge in [0.1, 0.15) is 27.5 Å². The van der Waals surface area contributed by atoms with Gasteiger partial charge in [0.05, 0.1) is 26.5 Å². The van der Waals surface area contributed by atoms with Gasteiger partial charge in [0.2, 0.25) is 5.88 Å². The van der Waals surface area contributed by atoms with E-state index in [4.69, 9.17) is 29.2 Å². The molecule has 0 aliphatic carbocycles. The standard InChI is InChI=1S/C22H22BrN5O3/c1-5-13-19(23)26-22-20(25-13)27-21(14-9-7-12-17(24-14)31-6-2)28(22)18-15(29-3)10-8-11-16(18)30-4/h7-12H,5-6H2,1-4H3. The second kappa shape index (κ2) is 8.89. The third-order valence-corrected chi connectivity index (χ3v) is 5.36. The number of methoxy groups -OCH3 is 2. The van der Waals surface area contributed by atoms with Crippen LogP contribution in [0.25, 0.3) is 28.5 Å². The van der Waals surface area contributed by atoms with Crippen molar-refractivity contribution in [3.63, 3.8) is 0 Å². The molecule has 0 bridgehead atoms. The van der Waals surface area contributed by atoms with Gasteiger partial charge in [0, 0.05) is 6.07 Å². The van der Waals surface area contributed by atoms with Gasteiger partial charge in [0.15, 0.2) is 17.1 Å². The van der Waals surface area contributed by atoms with Gasteiger partial charge in [-0.2, -0.15) is 0 Å². The van der Waals surface area contributed by atoms with Gasteiger partial charge in [0.25, 0.3) is 0 Å². The number of fused-ring (bicyclic) bond motifs is 1. The number of aryl methyl sites for hydroxylation is 1. The average molecular weight is 484 g/mol. The molecule has 0 saturated heterocycles. The summed E-state index contributed by atoms with van der Waals surface area (Å²) in [7, 11) is 3.23. The minimum Gasteiger partial charge on any atom is -0.494 e. The zero-order valence-corrected chi connectivity index (χ0v) is 19.3. The lowest BCUT2D eigenvalue weighted by Gasteiger charge is -2.16. The van der Waals surface area contributed by atoms with E-state index in [-0.39, 0.29) is 0 Å². The molecular weight excluding hydrogens is 462 g/mol. The molecule has 0 radical (unpaired) electrons. The summed E-state index contributed by atoms with van der Waals surface area (Å²) in [5.41, 5.74) is 3.18. The highest BCUT2D eigenvalue weighted by atomic mass is 79.9. The van der Waals surface area contributed by atoms with Crippen LogP contribution in [-0.4, -0.2) is 45.3 Å². The van der Waals surface area contributed by atoms with E-state index in [0.717, 1.165) is 12.1 Å². The number of para-hydroxylation sites is 1. The lowest BCUT2D eigenvalue weighted by atomic mass is 10.2. The van der Waals surface area contributed by atoms with E-state index in [1.807, 2.05) is 54.8 Å². The molecule has 0 unspecified atom stereocenters. The molecule has 0 aliphatic heterocycles. The van der Waals surface area contributed by atoms with Crippen LogP contribution < -0.4 is 14.2 Å². The molecule has 4 aromatic rings. The number of hydrogen-bond acceptors (Lipinski definition) is 7. The van der Waals surface area contributed by atoms with Crippen molar-refractivity contribution < 1.29 is 14.2 Å². The topological polar surface area (TPSA) is 84.2 Å². The van der Waals surface area contributed by atoms with Crippen molar-refractivity contribution in [2.75, 3.05) is 20.8 Å². The highest BCUT2D eigenvalue weighted by Crippen LogP contribution is 2.38. The Hall–Kier alpha value is -3.20. The second-order valence-electron chi connectivity index (χ2n) is 6.54. The van der Waals surface area contributed by atoms with Crippen LogP contribution in [0, 0.1) is 0 Å². The number of hydrogen-bond donors (Lipinski definition) is 0. The number of pyridine rings is 1. The zero-order valence-electron chi connectivity index (χ0n) is 17.7. The van der Waals surface area contributed by atoms with Crippen molar-refractivity contribution in [2.24, 2.45) is 0 Å². The van der Waals surface area contributed by atoms with E-state index in [0.29, 0.717) is 57.1 Å². The second-order valence-corrected chi connectivity index (χ2v) is 7.29. The van der Waals surface area contributed by atoms with Crippen LogP contribution in [0.2, 0.25) is 0 Å². The summed E-state index contributed by atoms with van der Waals surface area (Å²) in [5, 5.41) is 0. The first-order valence-corrected chi connectivity index (χ1v) is 10.7. The molecule has 0 saturated carbocycles. The van der Waals surface area contributed by atoms with E-state index < -0.39 is 0 Å². The van der Waals surface area contributed by atoms with Crippen LogP contribution in [0.15, 0.2) is 41.0 Å². The van der Waals surface area contributed by atoms with Crippen molar-refractivity contribution in [2.45, 2.75) is 20.3 Å². The van der Waals surface area contributed by atoms with Crippen LogP contribution in [0.5, 0.6) is 17.4 Å². The van der Waals surface area contributed by atoms with E-state index in [2.05, 4.69) is 20.9 Å². The molecule has 0 atom stereocenters. The van der Waals surface area contributed by atoms with E-state index in [1.54, 1.807) is 14.2 Å². The van der Waals surface area contributed by atoms with Gasteiger partial charge in [-0.25, -0.2) is 19.9 Å². The average Bonchev–Trinajstić information content (AvgIpc) is 3.16. The van der Waals surface area contributed by atoms with E-state index in [9.17, 15) is 0 Å². The lowest BCUT2D eigenvalue weighted by molar-refractivity contribution is 0.327. The fourth-order valence-corrected chi connectivity index (χ4v) is 3.87. The quantitative estimate of drug-likeness (QED) is 0.379. The van der Waals surface area contributed by atoms with Gasteiger partial charge in [-0.3, -0.25) is 4.57 Å². The third kappa shape index (κ3) is 3.81. The summed E-state index contributed by atoms with van der Waals surface area (Å²) in [5.74, 6) is 2.29. The summed E-state index contributed by atoms with van der Waals surface area (Å²) in [6.45, 7) is 4.46. The lowest BCUT2D eigenvalue weighted by Crippen LogP contribution is -2.06. The molecule has 0 N–H and O–H groups in total. The highest BCUT2D eigenvalue weighted by molar-refractivity contribution is 9.10. The van der Waals surface area contributed by atoms with Crippen LogP contribution in [0.1, 0.15) is 19.5 Å². The number of nitrogens with zero attached hydrogens (tertiary/aromatic N) is 5. The maximum Gasteiger partial charge on any atom is 0.213 e. The smallest absolute Gasteiger partial charge is 0.213 e. The summed E-state index contributed by atoms with van der Waals surface area (Å²) in [6.07, 6.45) is 0.724. The molecule has 3 aromatic heterocycles. The Labute approximate surface area is 188 Å². The number of benzene rings is 1. The maximum atomic E-state index is 5.66. The Morgan fingerprint density at radius 2 is 1.61 bits per heavy atom. The highest BCUT2D eigenvalue weighted by Gasteiger charge is 2.24. The molecule has 31 heavy (non-hydrogen) atoms. The summed E-state index contributed by atoms with van der Waals surface area (Å²) in [4.78, 5) is 18.9. The Morgan fingerprint density at radius 3 is 2.26 bits per heavy atom. The van der Waals surface area contributed by atoms with Gasteiger partial charge < -0.3 is 14.2 Å². The van der Waals surface area contributed by atoms with Crippen molar-refractivity contribution in [3.8, 4) is 34.6 Å². The molecule has 160 valence electrons. The number of halogens is 1. The maximum absolute atomic E-state index is 5.66. The normalized spacial score (nSPS) is 11.0. The Morgan fingerprint density at radius 1 is 0.903 bits per heavy atom. The van der Waals surface area contributed by atoms with E-state index in [1.165, 1.54) is 0 Å². The minimum absolute atomic E-state index is 0.506. The molecule has 8 nitrogen and oxygen atoms in total. The monoisotopic (exact) mass is 483 g/mol. The largest absolute Gasteiger partial charge is 0.494 e. The molecule has 0 aliphatic rings. The SMILES string of the molecule is CCOc1cccc(-c2nc3nc(CC)c(Br)nc3n2-c2c(OC)cccc2OC)n1. The van der Waals surface area contributed by atoms with Crippen LogP contribution in [0.3, 0.4) is 0 Å². The zero-order chi connectivity index (χ0) is 22.0. The van der Waals surface area contributed by atoms with Crippen LogP contribution >= 0.6 is 15.9 Å². The first kappa shape index (κ1) is 21.0. The van der Waals surface area contributed by atoms with Gasteiger partial charge >= 0.3 is 0 Å². The Bertz CT molecular complexity index is 1220. The first-order valence-electron chi connectivity index (χ1n) is 9.87. The van der Waals surface area contributed by atoms with Crippen molar-refractivity contribution in [3.05, 3.63) is 46.7 Å². The van der Waals surface area contributed by atoms with Gasteiger partial charge in [-0.15, -0.1) is 0 Å². The van der Waals surface area contributed by atoms with Crippen LogP contribution in [0.4, 0.5) is 0 Å². The predicted molar refractivity (Wildman–Crippen MR) is 121 cm³/mol. The summed E-state index contributed by atoms with van der Waals surface area (Å²) in [6, 6.07) is 11.2. The molecule has 0 spiro atoms. The number of ether oxygens (including phenoxy) is 3. The van der Waals surface area contributed by atoms with Crippen molar-refractivity contribution in [1.29, 1.82) is 0 Å². The fraction of sp³-hybridized carbons (Fsp3) is 0.273. The van der Waals surface area contributed by atoms with Crippen molar-refractivity contribution in [1.82, 2.24) is 24.5 Å². The number of rotatable bonds is 7. The molecule has 3 heterocycles. The van der Waals surface area contributed by atoms with Crippen molar-refractivity contribution >= 4 is 27.2 Å². The molecule has 4 rings (SSSR count).